The molecule has 10 heteroatoms. The van der Waals surface area contributed by atoms with Gasteiger partial charge in [0, 0.05) is 38.1 Å². The zero-order valence-electron chi connectivity index (χ0n) is 15.4. The van der Waals surface area contributed by atoms with E-state index in [-0.39, 0.29) is 23.8 Å². The van der Waals surface area contributed by atoms with E-state index < -0.39 is 23.4 Å². The minimum atomic E-state index is -1.02. The fraction of sp³-hybridized carbons (Fsp3) is 0.316. The van der Waals surface area contributed by atoms with Crippen molar-refractivity contribution in [3.8, 4) is 6.07 Å². The Bertz CT molecular complexity index is 954. The van der Waals surface area contributed by atoms with Crippen LogP contribution < -0.4 is 15.5 Å². The number of halogens is 2. The van der Waals surface area contributed by atoms with Gasteiger partial charge in [-0.1, -0.05) is 0 Å². The highest BCUT2D eigenvalue weighted by molar-refractivity contribution is 6.39. The molecule has 2 amide bonds. The lowest BCUT2D eigenvalue weighted by Gasteiger charge is -2.32. The summed E-state index contributed by atoms with van der Waals surface area (Å²) >= 11 is 0. The van der Waals surface area contributed by atoms with Gasteiger partial charge >= 0.3 is 11.8 Å². The van der Waals surface area contributed by atoms with Gasteiger partial charge in [-0.25, -0.2) is 18.7 Å². The second-order valence-corrected chi connectivity index (χ2v) is 6.56. The Morgan fingerprint density at radius 1 is 1.17 bits per heavy atom. The lowest BCUT2D eigenvalue weighted by Crippen LogP contribution is -2.42. The van der Waals surface area contributed by atoms with Crippen LogP contribution in [0.15, 0.2) is 30.6 Å². The van der Waals surface area contributed by atoms with Crippen LogP contribution in [0.1, 0.15) is 18.5 Å². The van der Waals surface area contributed by atoms with Crippen molar-refractivity contribution in [2.45, 2.75) is 12.8 Å². The number of hydrogen-bond acceptors (Lipinski definition) is 6. The molecule has 1 aromatic carbocycles. The fourth-order valence-electron chi connectivity index (χ4n) is 3.08. The van der Waals surface area contributed by atoms with Crippen LogP contribution in [0.25, 0.3) is 0 Å². The molecular weight excluding hydrogens is 382 g/mol. The van der Waals surface area contributed by atoms with Gasteiger partial charge < -0.3 is 15.5 Å². The lowest BCUT2D eigenvalue weighted by atomic mass is 9.96. The summed E-state index contributed by atoms with van der Waals surface area (Å²) in [6.45, 7) is 1.57. The van der Waals surface area contributed by atoms with Crippen molar-refractivity contribution in [2.75, 3.05) is 29.9 Å². The van der Waals surface area contributed by atoms with E-state index in [0.717, 1.165) is 25.0 Å². The molecule has 0 aliphatic carbocycles. The van der Waals surface area contributed by atoms with Gasteiger partial charge in [0.2, 0.25) is 0 Å². The van der Waals surface area contributed by atoms with Crippen LogP contribution in [-0.2, 0) is 9.59 Å². The fourth-order valence-corrected chi connectivity index (χ4v) is 3.08. The maximum atomic E-state index is 13.6. The van der Waals surface area contributed by atoms with Gasteiger partial charge in [-0.15, -0.1) is 0 Å². The van der Waals surface area contributed by atoms with E-state index in [1.807, 2.05) is 11.0 Å². The molecule has 2 N–H and O–H groups in total. The average molecular weight is 400 g/mol. The Morgan fingerprint density at radius 2 is 1.90 bits per heavy atom. The van der Waals surface area contributed by atoms with Crippen LogP contribution in [0.3, 0.4) is 0 Å². The highest BCUT2D eigenvalue weighted by atomic mass is 19.1. The van der Waals surface area contributed by atoms with E-state index in [1.165, 1.54) is 12.4 Å². The van der Waals surface area contributed by atoms with Crippen molar-refractivity contribution in [3.63, 3.8) is 0 Å². The number of hydrogen-bond donors (Lipinski definition) is 2. The molecule has 29 heavy (non-hydrogen) atoms. The molecule has 1 aliphatic rings. The Kier molecular flexibility index (Phi) is 6.29. The number of piperidine rings is 1. The molecule has 2 aromatic rings. The largest absolute Gasteiger partial charge is 0.354 e. The number of nitrogens with one attached hydrogen (secondary N) is 2. The number of nitrogens with zero attached hydrogens (tertiary/aromatic N) is 4. The summed E-state index contributed by atoms with van der Waals surface area (Å²) in [5, 5.41) is 13.8. The highest BCUT2D eigenvalue weighted by Crippen LogP contribution is 2.23. The molecule has 150 valence electrons. The smallest absolute Gasteiger partial charge is 0.313 e. The minimum absolute atomic E-state index is 0.146. The third-order valence-electron chi connectivity index (χ3n) is 4.64. The molecule has 8 nitrogen and oxygen atoms in total. The number of amides is 2. The van der Waals surface area contributed by atoms with Crippen LogP contribution in [-0.4, -0.2) is 41.4 Å². The maximum absolute atomic E-state index is 13.6. The summed E-state index contributed by atoms with van der Waals surface area (Å²) in [6, 6.07) is 4.67. The molecular formula is C19H18F2N6O2. The van der Waals surface area contributed by atoms with Gasteiger partial charge in [-0.3, -0.25) is 9.59 Å². The second-order valence-electron chi connectivity index (χ2n) is 6.56. The van der Waals surface area contributed by atoms with Crippen molar-refractivity contribution in [1.82, 2.24) is 15.3 Å². The normalized spacial score (nSPS) is 14.2. The van der Waals surface area contributed by atoms with E-state index >= 15 is 0 Å². The van der Waals surface area contributed by atoms with Crippen molar-refractivity contribution in [3.05, 3.63) is 47.9 Å². The minimum Gasteiger partial charge on any atom is -0.354 e. The number of anilines is 2. The monoisotopic (exact) mass is 400 g/mol. The molecule has 0 atom stereocenters. The lowest BCUT2D eigenvalue weighted by molar-refractivity contribution is -0.136. The summed E-state index contributed by atoms with van der Waals surface area (Å²) < 4.78 is 26.5. The summed E-state index contributed by atoms with van der Waals surface area (Å²) in [5.41, 5.74) is 0.000995. The first-order valence-corrected chi connectivity index (χ1v) is 8.98. The van der Waals surface area contributed by atoms with E-state index in [4.69, 9.17) is 5.26 Å². The van der Waals surface area contributed by atoms with Crippen LogP contribution in [0.5, 0.6) is 0 Å². The zero-order valence-corrected chi connectivity index (χ0v) is 15.4. The Morgan fingerprint density at radius 3 is 2.59 bits per heavy atom. The van der Waals surface area contributed by atoms with Crippen LogP contribution in [0, 0.1) is 28.9 Å². The van der Waals surface area contributed by atoms with Crippen molar-refractivity contribution in [2.24, 2.45) is 5.92 Å². The van der Waals surface area contributed by atoms with E-state index in [9.17, 15) is 18.4 Å². The van der Waals surface area contributed by atoms with Crippen LogP contribution in [0.4, 0.5) is 20.3 Å². The van der Waals surface area contributed by atoms with Crippen LogP contribution >= 0.6 is 0 Å². The number of rotatable bonds is 4. The third kappa shape index (κ3) is 5.01. The van der Waals surface area contributed by atoms with Gasteiger partial charge in [0.15, 0.2) is 11.5 Å². The molecule has 0 spiro atoms. The predicted molar refractivity (Wildman–Crippen MR) is 99.7 cm³/mol. The average Bonchev–Trinajstić information content (AvgIpc) is 2.74. The predicted octanol–water partition coefficient (Wildman–Crippen LogP) is 1.60. The molecule has 2 heterocycles. The Balaban J connectivity index is 1.47. The van der Waals surface area contributed by atoms with Gasteiger partial charge in [0.05, 0.1) is 5.69 Å². The quantitative estimate of drug-likeness (QED) is 0.754. The number of carbonyl (C=O) groups excluding carboxylic acids is 2. The first kappa shape index (κ1) is 20.1. The van der Waals surface area contributed by atoms with E-state index in [2.05, 4.69) is 20.6 Å². The first-order valence-electron chi connectivity index (χ1n) is 8.98. The van der Waals surface area contributed by atoms with Gasteiger partial charge in [-0.05, 0) is 30.9 Å². The van der Waals surface area contributed by atoms with Crippen LogP contribution in [0.2, 0.25) is 0 Å². The standard InChI is InChI=1S/C19H18F2N6O2/c20-13-1-2-15(14(21)9-13)26-19(29)18(28)25-11-12-3-7-27(8-4-12)17-16(10-22)23-5-6-24-17/h1-2,5-6,9,12H,3-4,7-8,11H2,(H,25,28)(H,26,29). The summed E-state index contributed by atoms with van der Waals surface area (Å²) in [4.78, 5) is 34.0. The van der Waals surface area contributed by atoms with Crippen molar-refractivity contribution in [1.29, 1.82) is 5.26 Å². The molecule has 0 bridgehead atoms. The zero-order chi connectivity index (χ0) is 20.8. The maximum Gasteiger partial charge on any atom is 0.313 e. The number of benzene rings is 1. The molecule has 3 rings (SSSR count). The van der Waals surface area contributed by atoms with Gasteiger partial charge in [0.25, 0.3) is 0 Å². The number of aromatic nitrogens is 2. The second kappa shape index (κ2) is 9.05. The third-order valence-corrected chi connectivity index (χ3v) is 4.64. The highest BCUT2D eigenvalue weighted by Gasteiger charge is 2.24. The number of carbonyl (C=O) groups is 2. The molecule has 0 saturated carbocycles. The summed E-state index contributed by atoms with van der Waals surface area (Å²) in [6.07, 6.45) is 4.46. The summed E-state index contributed by atoms with van der Waals surface area (Å²) in [5.74, 6) is -2.96. The Hall–Kier alpha value is -3.61. The summed E-state index contributed by atoms with van der Waals surface area (Å²) in [7, 11) is 0. The van der Waals surface area contributed by atoms with E-state index in [0.29, 0.717) is 25.0 Å². The molecule has 1 saturated heterocycles. The van der Waals surface area contributed by atoms with Gasteiger partial charge in [0.1, 0.15) is 17.7 Å². The molecule has 1 aliphatic heterocycles. The van der Waals surface area contributed by atoms with Gasteiger partial charge in [-0.2, -0.15) is 5.26 Å². The molecule has 0 radical (unpaired) electrons. The van der Waals surface area contributed by atoms with Crippen molar-refractivity contribution < 1.29 is 18.4 Å². The number of nitriles is 1. The first-order chi connectivity index (χ1) is 14.0. The van der Waals surface area contributed by atoms with Crippen molar-refractivity contribution >= 4 is 23.3 Å². The SMILES string of the molecule is N#Cc1nccnc1N1CCC(CNC(=O)C(=O)Nc2ccc(F)cc2F)CC1. The molecule has 1 fully saturated rings. The van der Waals surface area contributed by atoms with E-state index in [1.54, 1.807) is 0 Å². The molecule has 0 unspecified atom stereocenters. The Labute approximate surface area is 165 Å². The topological polar surface area (TPSA) is 111 Å². The molecule has 1 aromatic heterocycles.